The van der Waals surface area contributed by atoms with E-state index in [-0.39, 0.29) is 55.1 Å². The van der Waals surface area contributed by atoms with Gasteiger partial charge < -0.3 is 47.2 Å². The molecule has 0 aliphatic heterocycles. The number of hydrogen-bond acceptors (Lipinski definition) is 9. The molecular weight excluding hydrogens is 734 g/mol. The molecule has 3 aromatic rings. The number of benzene rings is 2. The van der Waals surface area contributed by atoms with E-state index in [2.05, 4.69) is 26.3 Å². The first-order chi connectivity index (χ1) is 27.1. The Morgan fingerprint density at radius 1 is 0.912 bits per heavy atom. The highest BCUT2D eigenvalue weighted by atomic mass is 19.1. The lowest BCUT2D eigenvalue weighted by Crippen LogP contribution is -2.52. The van der Waals surface area contributed by atoms with Crippen molar-refractivity contribution in [1.29, 1.82) is 0 Å². The number of primary amides is 1. The molecule has 15 heteroatoms. The van der Waals surface area contributed by atoms with Crippen molar-refractivity contribution < 1.29 is 37.8 Å². The molecule has 9 N–H and O–H groups in total. The van der Waals surface area contributed by atoms with E-state index in [4.69, 9.17) is 20.9 Å². The molecule has 4 amide bonds. The number of nitrogens with one attached hydrogen (secondary N) is 3. The molecule has 57 heavy (non-hydrogen) atoms. The third kappa shape index (κ3) is 21.3. The number of hydrogen-bond donors (Lipinski definition) is 6. The maximum Gasteiger partial charge on any atom is 0.306 e. The molecule has 318 valence electrons. The Labute approximate surface area is 337 Å². The summed E-state index contributed by atoms with van der Waals surface area (Å²) in [5.74, 6) is -1.83. The number of ether oxygens (including phenoxy) is 2. The van der Waals surface area contributed by atoms with Gasteiger partial charge in [0, 0.05) is 63.6 Å². The molecule has 1 aromatic heterocycles. The Hall–Kier alpha value is -4.86. The minimum absolute atomic E-state index is 0.00970. The quantitative estimate of drug-likeness (QED) is 0.0640. The number of fused-ring (bicyclic) bond motifs is 1. The minimum Gasteiger partial charge on any atom is -0.463 e. The van der Waals surface area contributed by atoms with E-state index in [0.29, 0.717) is 31.5 Å². The molecule has 0 saturated carbocycles. The molecule has 1 heterocycles. The van der Waals surface area contributed by atoms with Crippen molar-refractivity contribution in [1.82, 2.24) is 20.5 Å². The van der Waals surface area contributed by atoms with Crippen molar-refractivity contribution in [2.45, 2.75) is 124 Å². The molecule has 0 radical (unpaired) electrons. The molecule has 14 nitrogen and oxygen atoms in total. The van der Waals surface area contributed by atoms with Gasteiger partial charge in [0.25, 0.3) is 0 Å². The van der Waals surface area contributed by atoms with Crippen LogP contribution in [0.25, 0.3) is 10.9 Å². The summed E-state index contributed by atoms with van der Waals surface area (Å²) in [6, 6.07) is 10.3. The number of likely N-dealkylation sites (N-methyl/N-ethyl adjacent to an activating group) is 1. The number of halogens is 1. The van der Waals surface area contributed by atoms with Crippen LogP contribution in [0.2, 0.25) is 0 Å². The Balaban J connectivity index is 0.00000107. The number of nitrogens with two attached hydrogens (primary N) is 3. The largest absolute Gasteiger partial charge is 0.463 e. The molecule has 2 atom stereocenters. The summed E-state index contributed by atoms with van der Waals surface area (Å²) < 4.78 is 26.5. The van der Waals surface area contributed by atoms with Gasteiger partial charge in [0.1, 0.15) is 18.5 Å². The molecule has 0 fully saturated rings. The normalized spacial score (nSPS) is 11.7. The summed E-state index contributed by atoms with van der Waals surface area (Å²) in [7, 11) is 1.51. The number of aryl methyl sites for hydroxylation is 1. The maximum absolute atomic E-state index is 14.3. The molecule has 0 aliphatic carbocycles. The number of amides is 4. The van der Waals surface area contributed by atoms with Crippen LogP contribution in [0.15, 0.2) is 48.7 Å². The van der Waals surface area contributed by atoms with Crippen LogP contribution in [0, 0.1) is 5.82 Å². The summed E-state index contributed by atoms with van der Waals surface area (Å²) in [5, 5.41) is 8.95. The lowest BCUT2D eigenvalue weighted by atomic mass is 10.0. The number of aromatic nitrogens is 1. The third-order valence-electron chi connectivity index (χ3n) is 8.26. The second kappa shape index (κ2) is 28.5. The molecule has 3 rings (SSSR count). The molecule has 0 bridgehead atoms. The van der Waals surface area contributed by atoms with E-state index in [1.165, 1.54) is 26.1 Å². The Bertz CT molecular complexity index is 1680. The van der Waals surface area contributed by atoms with Crippen LogP contribution in [0.1, 0.15) is 96.3 Å². The maximum atomic E-state index is 14.3. The SMILES string of the molecule is CC(N)=O.CCCC(=O)OC(C)C.CCCOCC(=O)NCc1cccc(CC(N)C(=O)N[C@@H](Cc2cn(CCCCCCN)c3ccc(F)cc23)C(=O)NC)c1. The van der Waals surface area contributed by atoms with Gasteiger partial charge in [-0.15, -0.1) is 0 Å². The Morgan fingerprint density at radius 3 is 2.23 bits per heavy atom. The Kier molecular flexibility index (Phi) is 25.1. The van der Waals surface area contributed by atoms with E-state index in [0.717, 1.165) is 67.3 Å². The first-order valence-corrected chi connectivity index (χ1v) is 19.8. The van der Waals surface area contributed by atoms with Gasteiger partial charge in [0.15, 0.2) is 0 Å². The average molecular weight is 800 g/mol. The highest BCUT2D eigenvalue weighted by molar-refractivity contribution is 5.91. The predicted octanol–water partition coefficient (Wildman–Crippen LogP) is 3.92. The summed E-state index contributed by atoms with van der Waals surface area (Å²) in [6.07, 6.45) is 8.66. The zero-order chi connectivity index (χ0) is 42.8. The third-order valence-corrected chi connectivity index (χ3v) is 8.26. The van der Waals surface area contributed by atoms with Crippen molar-refractivity contribution in [2.75, 3.05) is 26.8 Å². The minimum atomic E-state index is -0.915. The van der Waals surface area contributed by atoms with E-state index in [9.17, 15) is 28.4 Å². The van der Waals surface area contributed by atoms with Crippen molar-refractivity contribution in [3.05, 3.63) is 71.2 Å². The highest BCUT2D eigenvalue weighted by Gasteiger charge is 2.25. The number of carbonyl (C=O) groups excluding carboxylic acids is 5. The van der Waals surface area contributed by atoms with E-state index in [1.54, 1.807) is 6.07 Å². The molecule has 0 saturated heterocycles. The van der Waals surface area contributed by atoms with Gasteiger partial charge in [-0.1, -0.05) is 51.0 Å². The van der Waals surface area contributed by atoms with Crippen LogP contribution in [0.5, 0.6) is 0 Å². The zero-order valence-electron chi connectivity index (χ0n) is 34.7. The van der Waals surface area contributed by atoms with Gasteiger partial charge in [-0.3, -0.25) is 24.0 Å². The second-order valence-electron chi connectivity index (χ2n) is 14.0. The number of nitrogens with zero attached hydrogens (tertiary/aromatic N) is 1. The van der Waals surface area contributed by atoms with Crippen molar-refractivity contribution >= 4 is 40.5 Å². The topological polar surface area (TPSA) is 223 Å². The van der Waals surface area contributed by atoms with Crippen LogP contribution in [-0.4, -0.2) is 79.2 Å². The fraction of sp³-hybridized carbons (Fsp3) is 0.548. The smallest absolute Gasteiger partial charge is 0.306 e. The standard InChI is InChI=1S/C33H47FN6O4.C7H14O2.C2H5NO/c1-3-15-44-22-31(41)38-20-24-10-8-9-23(16-24)17-28(36)32(42)39-29(33(43)37-2)18-25-21-40(14-7-5-4-6-13-35)30-12-11-26(34)19-27(25)30;1-4-5-7(8)9-6(2)3;1-2(3)4/h8-12,16,19,21,28-29H,3-7,13-15,17-18,20,22,35-36H2,1-2H3,(H,37,43)(H,38,41)(H,39,42);6H,4-5H2,1-3H3;1H3,(H2,3,4)/t28?,29-;;/m0../s1. The van der Waals surface area contributed by atoms with Gasteiger partial charge in [-0.05, 0) is 87.4 Å². The van der Waals surface area contributed by atoms with Gasteiger partial charge >= 0.3 is 5.97 Å². The van der Waals surface area contributed by atoms with Gasteiger partial charge in [0.05, 0.1) is 12.1 Å². The van der Waals surface area contributed by atoms with Gasteiger partial charge in [0.2, 0.25) is 23.6 Å². The lowest BCUT2D eigenvalue weighted by Gasteiger charge is -2.20. The van der Waals surface area contributed by atoms with Crippen LogP contribution in [0.3, 0.4) is 0 Å². The molecule has 1 unspecified atom stereocenters. The Morgan fingerprint density at radius 2 is 1.60 bits per heavy atom. The van der Waals surface area contributed by atoms with Crippen LogP contribution < -0.4 is 33.2 Å². The summed E-state index contributed by atoms with van der Waals surface area (Å²) in [6.45, 7) is 11.2. The summed E-state index contributed by atoms with van der Waals surface area (Å²) in [5.41, 5.74) is 19.7. The van der Waals surface area contributed by atoms with Gasteiger partial charge in [-0.2, -0.15) is 0 Å². The fourth-order valence-electron chi connectivity index (χ4n) is 5.65. The van der Waals surface area contributed by atoms with Gasteiger partial charge in [-0.25, -0.2) is 4.39 Å². The average Bonchev–Trinajstić information content (AvgIpc) is 3.48. The highest BCUT2D eigenvalue weighted by Crippen LogP contribution is 2.25. The summed E-state index contributed by atoms with van der Waals surface area (Å²) >= 11 is 0. The van der Waals surface area contributed by atoms with Crippen LogP contribution in [0.4, 0.5) is 4.39 Å². The number of rotatable bonds is 22. The molecule has 0 aliphatic rings. The van der Waals surface area contributed by atoms with Crippen LogP contribution >= 0.6 is 0 Å². The second-order valence-corrected chi connectivity index (χ2v) is 14.0. The van der Waals surface area contributed by atoms with Crippen LogP contribution in [-0.2, 0) is 59.4 Å². The fourth-order valence-corrected chi connectivity index (χ4v) is 5.65. The number of esters is 1. The monoisotopic (exact) mass is 800 g/mol. The van der Waals surface area contributed by atoms with E-state index >= 15 is 0 Å². The lowest BCUT2D eigenvalue weighted by molar-refractivity contribution is -0.147. The van der Waals surface area contributed by atoms with E-state index in [1.807, 2.05) is 58.2 Å². The number of unbranched alkanes of at least 4 members (excludes halogenated alkanes) is 3. The number of carbonyl (C=O) groups is 5. The predicted molar refractivity (Wildman–Crippen MR) is 221 cm³/mol. The van der Waals surface area contributed by atoms with Crippen molar-refractivity contribution in [3.63, 3.8) is 0 Å². The molecule has 2 aromatic carbocycles. The molecular formula is C42H66FN7O7. The van der Waals surface area contributed by atoms with Crippen molar-refractivity contribution in [3.8, 4) is 0 Å². The zero-order valence-corrected chi connectivity index (χ0v) is 34.7. The van der Waals surface area contributed by atoms with E-state index < -0.39 is 18.0 Å². The first-order valence-electron chi connectivity index (χ1n) is 19.8. The molecule has 0 spiro atoms. The first kappa shape index (κ1) is 50.2. The summed E-state index contributed by atoms with van der Waals surface area (Å²) in [4.78, 5) is 57.9. The van der Waals surface area contributed by atoms with Crippen molar-refractivity contribution in [2.24, 2.45) is 17.2 Å².